The second kappa shape index (κ2) is 8.19. The number of likely N-dealkylation sites (N-methyl/N-ethyl adjacent to an activating group) is 1. The van der Waals surface area contributed by atoms with Crippen LogP contribution in [0.15, 0.2) is 0 Å². The molecule has 0 aliphatic carbocycles. The maximum absolute atomic E-state index is 12.5. The van der Waals surface area contributed by atoms with Crippen LogP contribution in [0, 0.1) is 5.92 Å². The molecule has 7 nitrogen and oxygen atoms in total. The third kappa shape index (κ3) is 4.86. The van der Waals surface area contributed by atoms with E-state index in [1.54, 1.807) is 16.8 Å². The molecular formula is C14H27N3O4. The number of hydrogen-bond acceptors (Lipinski definition) is 4. The van der Waals surface area contributed by atoms with Gasteiger partial charge in [-0.15, -0.1) is 0 Å². The summed E-state index contributed by atoms with van der Waals surface area (Å²) in [4.78, 5) is 29.1. The topological polar surface area (TPSA) is 73.3 Å². The van der Waals surface area contributed by atoms with Gasteiger partial charge in [0.2, 0.25) is 0 Å². The van der Waals surface area contributed by atoms with Gasteiger partial charge in [0.25, 0.3) is 0 Å². The predicted molar refractivity (Wildman–Crippen MR) is 79.3 cm³/mol. The first-order valence-electron chi connectivity index (χ1n) is 7.35. The molecule has 2 unspecified atom stereocenters. The van der Waals surface area contributed by atoms with Gasteiger partial charge in [0.1, 0.15) is 5.92 Å². The highest BCUT2D eigenvalue weighted by Crippen LogP contribution is 2.21. The van der Waals surface area contributed by atoms with E-state index in [1.807, 2.05) is 21.0 Å². The van der Waals surface area contributed by atoms with Gasteiger partial charge in [-0.3, -0.25) is 4.79 Å². The molecule has 0 aromatic rings. The van der Waals surface area contributed by atoms with E-state index in [9.17, 15) is 14.7 Å². The maximum atomic E-state index is 12.5. The van der Waals surface area contributed by atoms with Crippen LogP contribution >= 0.6 is 0 Å². The zero-order chi connectivity index (χ0) is 16.0. The van der Waals surface area contributed by atoms with Gasteiger partial charge in [0.05, 0.1) is 19.3 Å². The number of aliphatic carboxylic acids is 1. The fourth-order valence-corrected chi connectivity index (χ4v) is 2.54. The quantitative estimate of drug-likeness (QED) is 0.737. The molecule has 2 amide bonds. The van der Waals surface area contributed by atoms with Gasteiger partial charge in [-0.25, -0.2) is 4.79 Å². The molecule has 0 bridgehead atoms. The number of rotatable bonds is 7. The Labute approximate surface area is 126 Å². The monoisotopic (exact) mass is 301 g/mol. The third-order valence-electron chi connectivity index (χ3n) is 3.78. The van der Waals surface area contributed by atoms with Crippen LogP contribution in [0.2, 0.25) is 0 Å². The van der Waals surface area contributed by atoms with Crippen molar-refractivity contribution in [1.82, 2.24) is 14.7 Å². The Hall–Kier alpha value is -1.34. The molecule has 122 valence electrons. The lowest BCUT2D eigenvalue weighted by Crippen LogP contribution is -2.51. The summed E-state index contributed by atoms with van der Waals surface area (Å²) in [6.07, 6.45) is 0.885. The lowest BCUT2D eigenvalue weighted by atomic mass is 10.0. The van der Waals surface area contributed by atoms with Crippen molar-refractivity contribution in [2.24, 2.45) is 5.92 Å². The van der Waals surface area contributed by atoms with Gasteiger partial charge in [0.15, 0.2) is 0 Å². The molecule has 1 N–H and O–H groups in total. The van der Waals surface area contributed by atoms with Crippen molar-refractivity contribution in [3.05, 3.63) is 0 Å². The van der Waals surface area contributed by atoms with Crippen molar-refractivity contribution in [2.75, 3.05) is 54.0 Å². The Morgan fingerprint density at radius 3 is 2.38 bits per heavy atom. The van der Waals surface area contributed by atoms with Crippen molar-refractivity contribution in [2.45, 2.75) is 19.4 Å². The van der Waals surface area contributed by atoms with E-state index in [4.69, 9.17) is 4.74 Å². The molecule has 0 aromatic heterocycles. The molecule has 7 heteroatoms. The van der Waals surface area contributed by atoms with Crippen molar-refractivity contribution in [1.29, 1.82) is 0 Å². The number of carboxylic acids is 1. The summed E-state index contributed by atoms with van der Waals surface area (Å²) >= 11 is 0. The van der Waals surface area contributed by atoms with Gasteiger partial charge in [-0.1, -0.05) is 0 Å². The van der Waals surface area contributed by atoms with E-state index < -0.39 is 11.9 Å². The molecule has 1 aliphatic heterocycles. The summed E-state index contributed by atoms with van der Waals surface area (Å²) in [5, 5.41) is 9.21. The number of ether oxygens (including phenoxy) is 1. The summed E-state index contributed by atoms with van der Waals surface area (Å²) in [5.41, 5.74) is 0. The molecule has 21 heavy (non-hydrogen) atoms. The number of carbonyl (C=O) groups is 2. The minimum Gasteiger partial charge on any atom is -0.481 e. The number of amides is 2. The Balaban J connectivity index is 2.61. The van der Waals surface area contributed by atoms with Crippen LogP contribution in [-0.4, -0.2) is 91.8 Å². The average Bonchev–Trinajstić information content (AvgIpc) is 2.88. The van der Waals surface area contributed by atoms with Crippen LogP contribution in [0.4, 0.5) is 4.79 Å². The molecule has 1 fully saturated rings. The average molecular weight is 301 g/mol. The van der Waals surface area contributed by atoms with E-state index in [0.717, 1.165) is 13.0 Å². The molecular weight excluding hydrogens is 274 g/mol. The smallest absolute Gasteiger partial charge is 0.320 e. The largest absolute Gasteiger partial charge is 0.481 e. The lowest BCUT2D eigenvalue weighted by Gasteiger charge is -2.33. The first kappa shape index (κ1) is 17.7. The fourth-order valence-electron chi connectivity index (χ4n) is 2.54. The number of hydrogen-bond donors (Lipinski definition) is 1. The van der Waals surface area contributed by atoms with Gasteiger partial charge >= 0.3 is 12.0 Å². The zero-order valence-corrected chi connectivity index (χ0v) is 13.4. The number of urea groups is 1. The lowest BCUT2D eigenvalue weighted by molar-refractivity contribution is -0.142. The van der Waals surface area contributed by atoms with E-state index in [1.165, 1.54) is 0 Å². The normalized spacial score (nSPS) is 21.6. The molecule has 1 heterocycles. The summed E-state index contributed by atoms with van der Waals surface area (Å²) in [7, 11) is 5.74. The Kier molecular flexibility index (Phi) is 6.91. The second-order valence-electron chi connectivity index (χ2n) is 5.70. The van der Waals surface area contributed by atoms with E-state index in [-0.39, 0.29) is 18.7 Å². The van der Waals surface area contributed by atoms with Gasteiger partial charge < -0.3 is 24.5 Å². The van der Waals surface area contributed by atoms with Crippen molar-refractivity contribution < 1.29 is 19.4 Å². The fraction of sp³-hybridized carbons (Fsp3) is 0.857. The van der Waals surface area contributed by atoms with Crippen LogP contribution in [-0.2, 0) is 9.53 Å². The first-order chi connectivity index (χ1) is 9.88. The van der Waals surface area contributed by atoms with E-state index in [0.29, 0.717) is 19.7 Å². The van der Waals surface area contributed by atoms with Crippen LogP contribution in [0.3, 0.4) is 0 Å². The SMILES string of the molecule is CCN(C(=O)N(C)CCCN(C)C)C1COCC1C(=O)O. The minimum atomic E-state index is -0.904. The van der Waals surface area contributed by atoms with Crippen LogP contribution in [0.1, 0.15) is 13.3 Å². The maximum Gasteiger partial charge on any atom is 0.320 e. The molecule has 2 atom stereocenters. The Morgan fingerprint density at radius 1 is 1.19 bits per heavy atom. The highest BCUT2D eigenvalue weighted by Gasteiger charge is 2.40. The van der Waals surface area contributed by atoms with Crippen LogP contribution < -0.4 is 0 Å². The molecule has 0 spiro atoms. The molecule has 1 saturated heterocycles. The van der Waals surface area contributed by atoms with Crippen molar-refractivity contribution in [3.8, 4) is 0 Å². The summed E-state index contributed by atoms with van der Waals surface area (Å²) in [6, 6.07) is -0.505. The second-order valence-corrected chi connectivity index (χ2v) is 5.70. The van der Waals surface area contributed by atoms with Gasteiger partial charge in [0, 0.05) is 20.1 Å². The van der Waals surface area contributed by atoms with Crippen molar-refractivity contribution >= 4 is 12.0 Å². The highest BCUT2D eigenvalue weighted by molar-refractivity contribution is 5.77. The molecule has 0 aromatic carbocycles. The first-order valence-corrected chi connectivity index (χ1v) is 7.35. The Morgan fingerprint density at radius 2 is 1.86 bits per heavy atom. The third-order valence-corrected chi connectivity index (χ3v) is 3.78. The van der Waals surface area contributed by atoms with Crippen LogP contribution in [0.5, 0.6) is 0 Å². The number of nitrogens with zero attached hydrogens (tertiary/aromatic N) is 3. The zero-order valence-electron chi connectivity index (χ0n) is 13.4. The van der Waals surface area contributed by atoms with Gasteiger partial charge in [-0.05, 0) is 34.0 Å². The summed E-state index contributed by atoms with van der Waals surface area (Å²) < 4.78 is 5.26. The summed E-state index contributed by atoms with van der Waals surface area (Å²) in [5.74, 6) is -1.54. The van der Waals surface area contributed by atoms with Gasteiger partial charge in [-0.2, -0.15) is 0 Å². The van der Waals surface area contributed by atoms with E-state index in [2.05, 4.69) is 4.90 Å². The predicted octanol–water partition coefficient (Wildman–Crippen LogP) is 0.411. The number of carboxylic acid groups (broad SMARTS) is 1. The number of carbonyl (C=O) groups excluding carboxylic acids is 1. The molecule has 0 radical (unpaired) electrons. The van der Waals surface area contributed by atoms with Crippen LogP contribution in [0.25, 0.3) is 0 Å². The Bertz CT molecular complexity index is 362. The van der Waals surface area contributed by atoms with Crippen molar-refractivity contribution in [3.63, 3.8) is 0 Å². The minimum absolute atomic E-state index is 0.127. The molecule has 1 rings (SSSR count). The highest BCUT2D eigenvalue weighted by atomic mass is 16.5. The standard InChI is InChI=1S/C14H27N3O4/c1-5-17(12-10-21-9-11(12)13(18)19)14(20)16(4)8-6-7-15(2)3/h11-12H,5-10H2,1-4H3,(H,18,19). The molecule has 1 aliphatic rings. The summed E-state index contributed by atoms with van der Waals surface area (Å²) in [6.45, 7) is 4.38. The van der Waals surface area contributed by atoms with E-state index >= 15 is 0 Å². The molecule has 0 saturated carbocycles.